The Balaban J connectivity index is 2.00. The molecule has 1 heterocycles. The molecule has 0 aromatic rings. The maximum Gasteiger partial charge on any atom is 0.233 e. The van der Waals surface area contributed by atoms with Gasteiger partial charge in [-0.3, -0.25) is 4.79 Å². The molecule has 0 saturated carbocycles. The van der Waals surface area contributed by atoms with Gasteiger partial charge < -0.3 is 10.6 Å². The lowest BCUT2D eigenvalue weighted by Crippen LogP contribution is -2.36. The van der Waals surface area contributed by atoms with Crippen LogP contribution in [0.5, 0.6) is 0 Å². The number of hydrogen-bond acceptors (Lipinski definition) is 3. The van der Waals surface area contributed by atoms with E-state index >= 15 is 0 Å². The third-order valence-electron chi connectivity index (χ3n) is 2.09. The minimum Gasteiger partial charge on any atom is -0.354 e. The zero-order valence-electron chi connectivity index (χ0n) is 8.14. The molecule has 76 valence electrons. The third kappa shape index (κ3) is 4.52. The van der Waals surface area contributed by atoms with Gasteiger partial charge in [0.15, 0.2) is 0 Å². The lowest BCUT2D eigenvalue weighted by Gasteiger charge is -2.09. The van der Waals surface area contributed by atoms with Crippen LogP contribution in [0.2, 0.25) is 0 Å². The van der Waals surface area contributed by atoms with Gasteiger partial charge in [-0.1, -0.05) is 6.92 Å². The van der Waals surface area contributed by atoms with Crippen molar-refractivity contribution in [1.29, 1.82) is 0 Å². The Morgan fingerprint density at radius 2 is 2.46 bits per heavy atom. The van der Waals surface area contributed by atoms with Crippen LogP contribution in [0, 0.1) is 0 Å². The van der Waals surface area contributed by atoms with Crippen LogP contribution >= 0.6 is 11.8 Å². The molecule has 1 aliphatic rings. The molecule has 0 aromatic heterocycles. The summed E-state index contributed by atoms with van der Waals surface area (Å²) in [6.45, 7) is 4.15. The molecule has 0 radical (unpaired) electrons. The van der Waals surface area contributed by atoms with Gasteiger partial charge in [0, 0.05) is 11.8 Å². The Morgan fingerprint density at radius 1 is 1.62 bits per heavy atom. The average Bonchev–Trinajstić information content (AvgIpc) is 2.64. The molecule has 0 bridgehead atoms. The first-order valence-electron chi connectivity index (χ1n) is 4.92. The van der Waals surface area contributed by atoms with Crippen molar-refractivity contribution in [2.75, 3.05) is 25.4 Å². The molecule has 2 N–H and O–H groups in total. The highest BCUT2D eigenvalue weighted by atomic mass is 32.2. The molecule has 1 rings (SSSR count). The highest BCUT2D eigenvalue weighted by molar-refractivity contribution is 8.00. The van der Waals surface area contributed by atoms with Crippen LogP contribution in [0.3, 0.4) is 0 Å². The van der Waals surface area contributed by atoms with Crippen molar-refractivity contribution in [3.63, 3.8) is 0 Å². The predicted molar refractivity (Wildman–Crippen MR) is 57.0 cm³/mol. The summed E-state index contributed by atoms with van der Waals surface area (Å²) in [5.41, 5.74) is 0. The van der Waals surface area contributed by atoms with E-state index < -0.39 is 0 Å². The van der Waals surface area contributed by atoms with E-state index in [1.165, 1.54) is 18.6 Å². The van der Waals surface area contributed by atoms with Crippen LogP contribution in [-0.2, 0) is 4.79 Å². The molecule has 1 atom stereocenters. The Labute approximate surface area is 84.0 Å². The molecule has 1 unspecified atom stereocenters. The van der Waals surface area contributed by atoms with Crippen LogP contribution in [-0.4, -0.2) is 36.5 Å². The Hall–Kier alpha value is -0.220. The topological polar surface area (TPSA) is 41.1 Å². The summed E-state index contributed by atoms with van der Waals surface area (Å²) in [5, 5.41) is 6.60. The fourth-order valence-electron chi connectivity index (χ4n) is 1.33. The maximum absolute atomic E-state index is 11.2. The van der Waals surface area contributed by atoms with Gasteiger partial charge in [-0.25, -0.2) is 0 Å². The lowest BCUT2D eigenvalue weighted by molar-refractivity contribution is -0.120. The first-order chi connectivity index (χ1) is 6.33. The van der Waals surface area contributed by atoms with E-state index in [-0.39, 0.29) is 5.91 Å². The van der Waals surface area contributed by atoms with Crippen molar-refractivity contribution in [3.8, 4) is 0 Å². The van der Waals surface area contributed by atoms with Gasteiger partial charge in [-0.15, -0.1) is 0 Å². The number of likely N-dealkylation sites (N-methyl/N-ethyl adjacent to an activating group) is 1. The molecule has 0 aliphatic carbocycles. The van der Waals surface area contributed by atoms with Gasteiger partial charge in [-0.05, 0) is 25.1 Å². The summed E-state index contributed by atoms with van der Waals surface area (Å²) in [5.74, 6) is 1.38. The van der Waals surface area contributed by atoms with E-state index in [1.807, 2.05) is 18.7 Å². The molecular formula is C9H18N2OS. The minimum atomic E-state index is 0.120. The second kappa shape index (κ2) is 6.27. The summed E-state index contributed by atoms with van der Waals surface area (Å²) in [6, 6.07) is 0. The Kier molecular flexibility index (Phi) is 5.23. The fraction of sp³-hybridized carbons (Fsp3) is 0.889. The second-order valence-corrected chi connectivity index (χ2v) is 4.63. The van der Waals surface area contributed by atoms with Crippen LogP contribution in [0.1, 0.15) is 19.8 Å². The van der Waals surface area contributed by atoms with E-state index in [0.717, 1.165) is 13.1 Å². The molecule has 3 nitrogen and oxygen atoms in total. The van der Waals surface area contributed by atoms with Crippen LogP contribution in [0.4, 0.5) is 0 Å². The molecule has 0 aromatic carbocycles. The molecule has 1 fully saturated rings. The number of amides is 1. The van der Waals surface area contributed by atoms with Crippen molar-refractivity contribution in [2.45, 2.75) is 25.0 Å². The zero-order chi connectivity index (χ0) is 9.52. The number of hydrogen-bond donors (Lipinski definition) is 2. The van der Waals surface area contributed by atoms with E-state index in [0.29, 0.717) is 11.8 Å². The molecule has 4 heteroatoms. The Bertz CT molecular complexity index is 158. The second-order valence-electron chi connectivity index (χ2n) is 3.22. The van der Waals surface area contributed by atoms with Gasteiger partial charge in [0.1, 0.15) is 0 Å². The first-order valence-corrected chi connectivity index (χ1v) is 5.97. The van der Waals surface area contributed by atoms with E-state index in [2.05, 4.69) is 10.6 Å². The third-order valence-corrected chi connectivity index (χ3v) is 3.48. The molecule has 1 aliphatic heterocycles. The lowest BCUT2D eigenvalue weighted by atomic mass is 10.2. The van der Waals surface area contributed by atoms with Crippen molar-refractivity contribution < 1.29 is 4.79 Å². The molecule has 0 spiro atoms. The zero-order valence-corrected chi connectivity index (χ0v) is 8.95. The van der Waals surface area contributed by atoms with E-state index in [9.17, 15) is 4.79 Å². The number of carbonyl (C=O) groups excluding carboxylic acids is 1. The van der Waals surface area contributed by atoms with E-state index in [1.54, 1.807) is 0 Å². The molecule has 1 amide bonds. The SMILES string of the molecule is CCNCC(=O)NCC1CCCS1. The molecule has 1 saturated heterocycles. The van der Waals surface area contributed by atoms with Gasteiger partial charge in [-0.2, -0.15) is 11.8 Å². The van der Waals surface area contributed by atoms with Crippen LogP contribution < -0.4 is 10.6 Å². The van der Waals surface area contributed by atoms with Gasteiger partial charge in [0.25, 0.3) is 0 Å². The molecule has 13 heavy (non-hydrogen) atoms. The highest BCUT2D eigenvalue weighted by Crippen LogP contribution is 2.24. The standard InChI is InChI=1S/C9H18N2OS/c1-2-10-7-9(12)11-6-8-4-3-5-13-8/h8,10H,2-7H2,1H3,(H,11,12). The van der Waals surface area contributed by atoms with Crippen molar-refractivity contribution >= 4 is 17.7 Å². The number of carbonyl (C=O) groups is 1. The largest absolute Gasteiger partial charge is 0.354 e. The highest BCUT2D eigenvalue weighted by Gasteiger charge is 2.15. The van der Waals surface area contributed by atoms with Gasteiger partial charge >= 0.3 is 0 Å². The van der Waals surface area contributed by atoms with E-state index in [4.69, 9.17) is 0 Å². The van der Waals surface area contributed by atoms with Crippen molar-refractivity contribution in [2.24, 2.45) is 0 Å². The monoisotopic (exact) mass is 202 g/mol. The van der Waals surface area contributed by atoms with Crippen LogP contribution in [0.25, 0.3) is 0 Å². The average molecular weight is 202 g/mol. The Morgan fingerprint density at radius 3 is 3.08 bits per heavy atom. The van der Waals surface area contributed by atoms with Crippen molar-refractivity contribution in [1.82, 2.24) is 10.6 Å². The summed E-state index contributed by atoms with van der Waals surface area (Å²) in [6.07, 6.45) is 2.56. The smallest absolute Gasteiger partial charge is 0.233 e. The summed E-state index contributed by atoms with van der Waals surface area (Å²) in [7, 11) is 0. The summed E-state index contributed by atoms with van der Waals surface area (Å²) >= 11 is 1.97. The fourth-order valence-corrected chi connectivity index (χ4v) is 2.54. The van der Waals surface area contributed by atoms with Crippen molar-refractivity contribution in [3.05, 3.63) is 0 Å². The van der Waals surface area contributed by atoms with Gasteiger partial charge in [0.05, 0.1) is 6.54 Å². The van der Waals surface area contributed by atoms with Gasteiger partial charge in [0.2, 0.25) is 5.91 Å². The summed E-state index contributed by atoms with van der Waals surface area (Å²) < 4.78 is 0. The maximum atomic E-state index is 11.2. The van der Waals surface area contributed by atoms with Crippen LogP contribution in [0.15, 0.2) is 0 Å². The predicted octanol–water partition coefficient (Wildman–Crippen LogP) is 0.608. The number of thioether (sulfide) groups is 1. The first kappa shape index (κ1) is 10.9. The minimum absolute atomic E-state index is 0.120. The normalized spacial score (nSPS) is 21.8. The molecular weight excluding hydrogens is 184 g/mol. The summed E-state index contributed by atoms with van der Waals surface area (Å²) in [4.78, 5) is 11.2. The number of nitrogens with one attached hydrogen (secondary N) is 2. The number of rotatable bonds is 5. The quantitative estimate of drug-likeness (QED) is 0.686.